The van der Waals surface area contributed by atoms with Crippen molar-refractivity contribution in [1.29, 1.82) is 0 Å². The van der Waals surface area contributed by atoms with Crippen LogP contribution in [0.25, 0.3) is 21.3 Å². The third-order valence-electron chi connectivity index (χ3n) is 5.42. The Labute approximate surface area is 208 Å². The van der Waals surface area contributed by atoms with E-state index in [-0.39, 0.29) is 30.9 Å². The molecule has 34 heavy (non-hydrogen) atoms. The number of thiazole rings is 1. The van der Waals surface area contributed by atoms with Crippen LogP contribution in [0.1, 0.15) is 19.8 Å². The fourth-order valence-corrected chi connectivity index (χ4v) is 5.33. The smallest absolute Gasteiger partial charge is 0.316 e. The summed E-state index contributed by atoms with van der Waals surface area (Å²) in [6.45, 7) is 2.01. The summed E-state index contributed by atoms with van der Waals surface area (Å²) in [6.07, 6.45) is 5.64. The molecule has 0 amide bonds. The van der Waals surface area contributed by atoms with Gasteiger partial charge in [0, 0.05) is 12.4 Å². The van der Waals surface area contributed by atoms with Crippen LogP contribution in [-0.4, -0.2) is 51.3 Å². The second kappa shape index (κ2) is 9.04. The zero-order valence-corrected chi connectivity index (χ0v) is 21.2. The Morgan fingerprint density at radius 2 is 1.85 bits per heavy atom. The van der Waals surface area contributed by atoms with E-state index in [9.17, 15) is 8.42 Å². The highest BCUT2D eigenvalue weighted by Gasteiger charge is 2.50. The van der Waals surface area contributed by atoms with E-state index in [1.54, 1.807) is 24.8 Å². The lowest BCUT2D eigenvalue weighted by Crippen LogP contribution is -2.27. The number of fused-ring (bicyclic) bond motifs is 1. The minimum atomic E-state index is -3.64. The molecule has 1 aromatic carbocycles. The molecule has 0 aliphatic heterocycles. The van der Waals surface area contributed by atoms with E-state index in [2.05, 4.69) is 45.6 Å². The van der Waals surface area contributed by atoms with Crippen LogP contribution >= 0.6 is 27.3 Å². The van der Waals surface area contributed by atoms with Crippen molar-refractivity contribution in [3.63, 3.8) is 0 Å². The summed E-state index contributed by atoms with van der Waals surface area (Å²) in [6, 6.07) is 5.87. The van der Waals surface area contributed by atoms with E-state index in [0.29, 0.717) is 24.0 Å². The third-order valence-corrected chi connectivity index (χ3v) is 8.80. The van der Waals surface area contributed by atoms with Crippen molar-refractivity contribution in [2.24, 2.45) is 0 Å². The number of rotatable bonds is 9. The highest BCUT2D eigenvalue weighted by atomic mass is 79.9. The number of aromatic nitrogens is 5. The predicted octanol–water partition coefficient (Wildman–Crippen LogP) is 4.06. The normalized spacial score (nSPS) is 14.6. The van der Waals surface area contributed by atoms with Crippen molar-refractivity contribution in [2.75, 3.05) is 17.9 Å². The van der Waals surface area contributed by atoms with Gasteiger partial charge in [-0.1, -0.05) is 6.07 Å². The van der Waals surface area contributed by atoms with Gasteiger partial charge in [-0.2, -0.15) is 0 Å². The van der Waals surface area contributed by atoms with Crippen LogP contribution < -0.4 is 14.2 Å². The van der Waals surface area contributed by atoms with Crippen molar-refractivity contribution >= 4 is 53.3 Å². The van der Waals surface area contributed by atoms with Crippen molar-refractivity contribution in [3.05, 3.63) is 46.9 Å². The molecule has 1 N–H and O–H groups in total. The molecule has 0 atom stereocenters. The Kier molecular flexibility index (Phi) is 6.08. The molecule has 1 saturated carbocycles. The standard InChI is InChI=1S/C21H19BrN6O4S2/c1-21(4-5-21)34(29,30)28-18-17(13-2-3-16-15(8-13)27-12-33-16)19(26-11-25-18)31-6-7-32-20-23-9-14(22)10-24-20/h2-3,8-12H,4-7H2,1H3,(H,25,26,28). The van der Waals surface area contributed by atoms with Crippen LogP contribution in [0, 0.1) is 0 Å². The molecule has 0 bridgehead atoms. The number of benzene rings is 1. The molecular formula is C21H19BrN6O4S2. The maximum absolute atomic E-state index is 12.9. The van der Waals surface area contributed by atoms with Crippen LogP contribution in [0.3, 0.4) is 0 Å². The first-order chi connectivity index (χ1) is 16.3. The van der Waals surface area contributed by atoms with Crippen LogP contribution in [0.5, 0.6) is 11.9 Å². The number of halogens is 1. The molecule has 176 valence electrons. The van der Waals surface area contributed by atoms with Gasteiger partial charge in [-0.05, 0) is 53.4 Å². The topological polar surface area (TPSA) is 129 Å². The molecule has 13 heteroatoms. The Morgan fingerprint density at radius 3 is 2.62 bits per heavy atom. The fourth-order valence-electron chi connectivity index (χ4n) is 3.17. The van der Waals surface area contributed by atoms with Crippen molar-refractivity contribution in [3.8, 4) is 23.0 Å². The maximum Gasteiger partial charge on any atom is 0.316 e. The number of hydrogen-bond donors (Lipinski definition) is 1. The molecule has 1 aliphatic carbocycles. The third kappa shape index (κ3) is 4.68. The lowest BCUT2D eigenvalue weighted by Gasteiger charge is -2.17. The van der Waals surface area contributed by atoms with Crippen molar-refractivity contribution in [2.45, 2.75) is 24.5 Å². The summed E-state index contributed by atoms with van der Waals surface area (Å²) in [4.78, 5) is 21.0. The molecule has 0 radical (unpaired) electrons. The minimum Gasteiger partial charge on any atom is -0.473 e. The van der Waals surface area contributed by atoms with Crippen molar-refractivity contribution < 1.29 is 17.9 Å². The summed E-state index contributed by atoms with van der Waals surface area (Å²) in [5.74, 6) is 0.383. The molecule has 0 saturated heterocycles. The first-order valence-corrected chi connectivity index (χ1v) is 13.4. The Balaban J connectivity index is 1.43. The van der Waals surface area contributed by atoms with Gasteiger partial charge in [-0.3, -0.25) is 4.72 Å². The van der Waals surface area contributed by atoms with Gasteiger partial charge in [0.25, 0.3) is 0 Å². The Hall–Kier alpha value is -2.90. The van der Waals surface area contributed by atoms with Gasteiger partial charge in [-0.25, -0.2) is 33.3 Å². The highest BCUT2D eigenvalue weighted by molar-refractivity contribution is 9.10. The van der Waals surface area contributed by atoms with Gasteiger partial charge in [0.2, 0.25) is 15.9 Å². The van der Waals surface area contributed by atoms with Crippen molar-refractivity contribution in [1.82, 2.24) is 24.9 Å². The van der Waals surface area contributed by atoms with Crippen LogP contribution in [0.2, 0.25) is 0 Å². The van der Waals surface area contributed by atoms with E-state index >= 15 is 0 Å². The van der Waals surface area contributed by atoms with E-state index < -0.39 is 14.8 Å². The molecule has 10 nitrogen and oxygen atoms in total. The summed E-state index contributed by atoms with van der Waals surface area (Å²) in [7, 11) is -3.64. The molecular weight excluding hydrogens is 544 g/mol. The second-order valence-corrected chi connectivity index (χ2v) is 11.9. The van der Waals surface area contributed by atoms with E-state index in [1.165, 1.54) is 17.7 Å². The average molecular weight is 563 g/mol. The molecule has 5 rings (SSSR count). The van der Waals surface area contributed by atoms with Crippen LogP contribution in [-0.2, 0) is 10.0 Å². The highest BCUT2D eigenvalue weighted by Crippen LogP contribution is 2.44. The molecule has 1 aliphatic rings. The zero-order chi connectivity index (χ0) is 23.8. The van der Waals surface area contributed by atoms with Crippen LogP contribution in [0.15, 0.2) is 46.9 Å². The maximum atomic E-state index is 12.9. The van der Waals surface area contributed by atoms with Gasteiger partial charge in [0.05, 0.1) is 30.5 Å². The second-order valence-electron chi connectivity index (χ2n) is 7.87. The first kappa shape index (κ1) is 22.9. The number of nitrogens with zero attached hydrogens (tertiary/aromatic N) is 5. The van der Waals surface area contributed by atoms with Crippen LogP contribution in [0.4, 0.5) is 5.82 Å². The van der Waals surface area contributed by atoms with E-state index in [0.717, 1.165) is 14.7 Å². The number of anilines is 1. The van der Waals surface area contributed by atoms with Gasteiger partial charge in [-0.15, -0.1) is 11.3 Å². The fraction of sp³-hybridized carbons (Fsp3) is 0.286. The summed E-state index contributed by atoms with van der Waals surface area (Å²) >= 11 is 4.79. The molecule has 3 heterocycles. The Morgan fingerprint density at radius 1 is 1.09 bits per heavy atom. The first-order valence-electron chi connectivity index (χ1n) is 10.3. The zero-order valence-electron chi connectivity index (χ0n) is 17.9. The van der Waals surface area contributed by atoms with Gasteiger partial charge < -0.3 is 9.47 Å². The molecule has 0 unspecified atom stereocenters. The number of nitrogens with one attached hydrogen (secondary N) is 1. The minimum absolute atomic E-state index is 0.131. The van der Waals surface area contributed by atoms with Gasteiger partial charge >= 0.3 is 6.01 Å². The lowest BCUT2D eigenvalue weighted by molar-refractivity contribution is 0.202. The monoisotopic (exact) mass is 562 g/mol. The average Bonchev–Trinajstić information content (AvgIpc) is 3.41. The lowest BCUT2D eigenvalue weighted by atomic mass is 10.1. The molecule has 1 fully saturated rings. The quantitative estimate of drug-likeness (QED) is 0.300. The van der Waals surface area contributed by atoms with E-state index in [4.69, 9.17) is 9.47 Å². The summed E-state index contributed by atoms with van der Waals surface area (Å²) in [5, 5.41) is 0. The number of sulfonamides is 1. The molecule has 3 aromatic heterocycles. The number of ether oxygens (including phenoxy) is 2. The SMILES string of the molecule is CC1(S(=O)(=O)Nc2ncnc(OCCOc3ncc(Br)cn3)c2-c2ccc3scnc3c2)CC1. The molecule has 0 spiro atoms. The largest absolute Gasteiger partial charge is 0.473 e. The summed E-state index contributed by atoms with van der Waals surface area (Å²) < 4.78 is 40.9. The van der Waals surface area contributed by atoms with E-state index in [1.807, 2.05) is 18.2 Å². The molecule has 4 aromatic rings. The van der Waals surface area contributed by atoms with Gasteiger partial charge in [0.15, 0.2) is 5.82 Å². The Bertz CT molecular complexity index is 1440. The van der Waals surface area contributed by atoms with Gasteiger partial charge in [0.1, 0.15) is 19.5 Å². The number of hydrogen-bond acceptors (Lipinski definition) is 10. The summed E-state index contributed by atoms with van der Waals surface area (Å²) in [5.41, 5.74) is 3.66. The predicted molar refractivity (Wildman–Crippen MR) is 132 cm³/mol.